The van der Waals surface area contributed by atoms with Gasteiger partial charge in [-0.3, -0.25) is 0 Å². The molecular formula is C39H80O2. The van der Waals surface area contributed by atoms with Gasteiger partial charge in [0.1, 0.15) is 0 Å². The molecule has 2 N–H and O–H groups in total. The van der Waals surface area contributed by atoms with Crippen molar-refractivity contribution in [2.24, 2.45) is 0 Å². The van der Waals surface area contributed by atoms with Crippen LogP contribution < -0.4 is 0 Å². The van der Waals surface area contributed by atoms with Crippen LogP contribution in [0.3, 0.4) is 0 Å². The monoisotopic (exact) mass is 581 g/mol. The number of unbranched alkanes of at least 4 members (excludes halogenated alkanes) is 32. The van der Waals surface area contributed by atoms with E-state index in [9.17, 15) is 5.11 Å². The molecule has 1 unspecified atom stereocenters. The molecule has 0 heterocycles. The van der Waals surface area contributed by atoms with E-state index >= 15 is 0 Å². The van der Waals surface area contributed by atoms with E-state index in [1.165, 1.54) is 212 Å². The van der Waals surface area contributed by atoms with Crippen molar-refractivity contribution in [2.75, 3.05) is 6.61 Å². The molecular weight excluding hydrogens is 500 g/mol. The Balaban J connectivity index is 3.13. The molecule has 0 aliphatic carbocycles. The number of aliphatic hydroxyl groups is 2. The second kappa shape index (κ2) is 37.9. The molecule has 0 aromatic rings. The third-order valence-corrected chi connectivity index (χ3v) is 9.34. The predicted octanol–water partition coefficient (Wildman–Crippen LogP) is 13.4. The fourth-order valence-electron chi connectivity index (χ4n) is 6.39. The first-order chi connectivity index (χ1) is 20.3. The highest BCUT2D eigenvalue weighted by Crippen LogP contribution is 2.17. The molecule has 41 heavy (non-hydrogen) atoms. The Labute approximate surface area is 260 Å². The average molecular weight is 581 g/mol. The summed E-state index contributed by atoms with van der Waals surface area (Å²) >= 11 is 0. The second-order valence-corrected chi connectivity index (χ2v) is 13.6. The van der Waals surface area contributed by atoms with Crippen molar-refractivity contribution in [1.82, 2.24) is 0 Å². The van der Waals surface area contributed by atoms with Crippen molar-refractivity contribution in [3.63, 3.8) is 0 Å². The lowest BCUT2D eigenvalue weighted by Gasteiger charge is -2.10. The van der Waals surface area contributed by atoms with Gasteiger partial charge in [0.05, 0.1) is 6.10 Å². The minimum Gasteiger partial charge on any atom is -0.396 e. The van der Waals surface area contributed by atoms with Crippen molar-refractivity contribution < 1.29 is 10.2 Å². The van der Waals surface area contributed by atoms with E-state index in [0.29, 0.717) is 6.61 Å². The van der Waals surface area contributed by atoms with E-state index in [1.54, 1.807) is 0 Å². The molecule has 0 spiro atoms. The Kier molecular flexibility index (Phi) is 37.9. The molecule has 0 saturated carbocycles. The standard InChI is InChI=1S/C39H80O2/c1-2-3-4-5-6-7-8-9-10-12-15-18-21-24-27-30-33-36-39(41)37-34-31-28-25-22-19-16-13-11-14-17-20-23-26-29-32-35-38-40/h39-41H,2-38H2,1H3. The number of hydrogen-bond donors (Lipinski definition) is 2. The lowest BCUT2D eigenvalue weighted by atomic mass is 10.0. The van der Waals surface area contributed by atoms with E-state index in [-0.39, 0.29) is 6.10 Å². The molecule has 0 saturated heterocycles. The van der Waals surface area contributed by atoms with E-state index in [0.717, 1.165) is 19.3 Å². The first kappa shape index (κ1) is 40.9. The minimum atomic E-state index is -0.0439. The molecule has 0 fully saturated rings. The summed E-state index contributed by atoms with van der Waals surface area (Å²) in [6, 6.07) is 0. The SMILES string of the molecule is CCCCCCCCCCCCCCCCCCCC(O)CCCCCCCCCCCCCCCCCCCO. The van der Waals surface area contributed by atoms with Crippen molar-refractivity contribution in [3.8, 4) is 0 Å². The van der Waals surface area contributed by atoms with Gasteiger partial charge in [-0.25, -0.2) is 0 Å². The molecule has 0 aromatic carbocycles. The van der Waals surface area contributed by atoms with Gasteiger partial charge in [0.25, 0.3) is 0 Å². The molecule has 0 aliphatic heterocycles. The van der Waals surface area contributed by atoms with Crippen LogP contribution in [0.2, 0.25) is 0 Å². The number of hydrogen-bond acceptors (Lipinski definition) is 2. The molecule has 1 atom stereocenters. The quantitative estimate of drug-likeness (QED) is 0.0717. The van der Waals surface area contributed by atoms with Crippen LogP contribution >= 0.6 is 0 Å². The summed E-state index contributed by atoms with van der Waals surface area (Å²) in [5.74, 6) is 0. The maximum Gasteiger partial charge on any atom is 0.0540 e. The maximum atomic E-state index is 10.3. The van der Waals surface area contributed by atoms with Gasteiger partial charge in [-0.1, -0.05) is 219 Å². The van der Waals surface area contributed by atoms with Crippen molar-refractivity contribution in [1.29, 1.82) is 0 Å². The lowest BCUT2D eigenvalue weighted by molar-refractivity contribution is 0.147. The fourth-order valence-corrected chi connectivity index (χ4v) is 6.39. The Morgan fingerprint density at radius 2 is 0.488 bits per heavy atom. The average Bonchev–Trinajstić information content (AvgIpc) is 2.98. The Morgan fingerprint density at radius 1 is 0.293 bits per heavy atom. The van der Waals surface area contributed by atoms with Crippen LogP contribution in [-0.2, 0) is 0 Å². The van der Waals surface area contributed by atoms with Crippen LogP contribution in [0.5, 0.6) is 0 Å². The maximum absolute atomic E-state index is 10.3. The van der Waals surface area contributed by atoms with Gasteiger partial charge in [0.2, 0.25) is 0 Å². The molecule has 0 amide bonds. The van der Waals surface area contributed by atoms with Gasteiger partial charge in [-0.2, -0.15) is 0 Å². The fraction of sp³-hybridized carbons (Fsp3) is 1.00. The lowest BCUT2D eigenvalue weighted by Crippen LogP contribution is -2.05. The second-order valence-electron chi connectivity index (χ2n) is 13.6. The first-order valence-corrected chi connectivity index (χ1v) is 19.6. The molecule has 0 bridgehead atoms. The van der Waals surface area contributed by atoms with Crippen molar-refractivity contribution in [2.45, 2.75) is 244 Å². The molecule has 0 aromatic heterocycles. The van der Waals surface area contributed by atoms with Gasteiger partial charge < -0.3 is 10.2 Å². The highest BCUT2D eigenvalue weighted by molar-refractivity contribution is 4.58. The van der Waals surface area contributed by atoms with Gasteiger partial charge in [0.15, 0.2) is 0 Å². The van der Waals surface area contributed by atoms with Gasteiger partial charge in [-0.15, -0.1) is 0 Å². The molecule has 248 valence electrons. The largest absolute Gasteiger partial charge is 0.396 e. The van der Waals surface area contributed by atoms with E-state index < -0.39 is 0 Å². The molecule has 2 heteroatoms. The number of aliphatic hydroxyl groups excluding tert-OH is 2. The summed E-state index contributed by atoms with van der Waals surface area (Å²) in [6.07, 6.45) is 49.1. The molecule has 0 rings (SSSR count). The normalized spacial score (nSPS) is 12.4. The van der Waals surface area contributed by atoms with Crippen LogP contribution in [0.25, 0.3) is 0 Å². The van der Waals surface area contributed by atoms with Gasteiger partial charge in [0, 0.05) is 6.61 Å². The predicted molar refractivity (Wildman–Crippen MR) is 185 cm³/mol. The van der Waals surface area contributed by atoms with E-state index in [1.807, 2.05) is 0 Å². The van der Waals surface area contributed by atoms with Gasteiger partial charge >= 0.3 is 0 Å². The molecule has 0 aliphatic rings. The Hall–Kier alpha value is -0.0800. The summed E-state index contributed by atoms with van der Waals surface area (Å²) < 4.78 is 0. The zero-order valence-corrected chi connectivity index (χ0v) is 28.6. The highest BCUT2D eigenvalue weighted by Gasteiger charge is 2.04. The van der Waals surface area contributed by atoms with Crippen LogP contribution in [0.15, 0.2) is 0 Å². The van der Waals surface area contributed by atoms with Crippen LogP contribution in [0.1, 0.15) is 238 Å². The third-order valence-electron chi connectivity index (χ3n) is 9.34. The third kappa shape index (κ3) is 37.9. The van der Waals surface area contributed by atoms with Crippen molar-refractivity contribution >= 4 is 0 Å². The minimum absolute atomic E-state index is 0.0439. The van der Waals surface area contributed by atoms with Crippen LogP contribution in [0, 0.1) is 0 Å². The molecule has 2 nitrogen and oxygen atoms in total. The van der Waals surface area contributed by atoms with Crippen LogP contribution in [0.4, 0.5) is 0 Å². The Morgan fingerprint density at radius 3 is 0.707 bits per heavy atom. The van der Waals surface area contributed by atoms with E-state index in [4.69, 9.17) is 5.11 Å². The summed E-state index contributed by atoms with van der Waals surface area (Å²) in [6.45, 7) is 2.66. The zero-order chi connectivity index (χ0) is 29.7. The summed E-state index contributed by atoms with van der Waals surface area (Å²) in [4.78, 5) is 0. The Bertz CT molecular complexity index is 437. The van der Waals surface area contributed by atoms with Crippen molar-refractivity contribution in [3.05, 3.63) is 0 Å². The van der Waals surface area contributed by atoms with Crippen LogP contribution in [-0.4, -0.2) is 22.9 Å². The first-order valence-electron chi connectivity index (χ1n) is 19.6. The smallest absolute Gasteiger partial charge is 0.0540 e. The zero-order valence-electron chi connectivity index (χ0n) is 28.6. The summed E-state index contributed by atoms with van der Waals surface area (Å²) in [7, 11) is 0. The molecule has 0 radical (unpaired) electrons. The topological polar surface area (TPSA) is 40.5 Å². The van der Waals surface area contributed by atoms with Gasteiger partial charge in [-0.05, 0) is 19.3 Å². The summed E-state index contributed by atoms with van der Waals surface area (Å²) in [5.41, 5.74) is 0. The summed E-state index contributed by atoms with van der Waals surface area (Å²) in [5, 5.41) is 19.1. The highest BCUT2D eigenvalue weighted by atomic mass is 16.3. The number of rotatable bonds is 37. The van der Waals surface area contributed by atoms with E-state index in [2.05, 4.69) is 6.92 Å².